The van der Waals surface area contributed by atoms with Crippen LogP contribution in [0.2, 0.25) is 0 Å². The Bertz CT molecular complexity index is 589. The van der Waals surface area contributed by atoms with Crippen LogP contribution in [0.15, 0.2) is 54.6 Å². The summed E-state index contributed by atoms with van der Waals surface area (Å²) in [7, 11) is 3.64. The molecule has 0 bridgehead atoms. The van der Waals surface area contributed by atoms with Gasteiger partial charge in [0.15, 0.2) is 0 Å². The van der Waals surface area contributed by atoms with E-state index in [1.165, 1.54) is 0 Å². The van der Waals surface area contributed by atoms with E-state index in [-0.39, 0.29) is 5.92 Å². The Kier molecular flexibility index (Phi) is 4.62. The first kappa shape index (κ1) is 14.0. The SMILES string of the molecule is COc1ccccc1N(C)CC(C#N)c1ccccc1. The molecule has 0 radical (unpaired) electrons. The van der Waals surface area contributed by atoms with Crippen LogP contribution in [0, 0.1) is 11.3 Å². The van der Waals surface area contributed by atoms with E-state index in [0.717, 1.165) is 17.0 Å². The second-order valence-corrected chi connectivity index (χ2v) is 4.64. The predicted octanol–water partition coefficient (Wildman–Crippen LogP) is 3.44. The molecule has 0 aromatic heterocycles. The minimum Gasteiger partial charge on any atom is -0.495 e. The van der Waals surface area contributed by atoms with Gasteiger partial charge in [-0.2, -0.15) is 5.26 Å². The van der Waals surface area contributed by atoms with Gasteiger partial charge >= 0.3 is 0 Å². The van der Waals surface area contributed by atoms with Gasteiger partial charge in [-0.25, -0.2) is 0 Å². The highest BCUT2D eigenvalue weighted by Gasteiger charge is 2.15. The number of nitriles is 1. The Morgan fingerprint density at radius 3 is 2.40 bits per heavy atom. The Morgan fingerprint density at radius 1 is 1.10 bits per heavy atom. The lowest BCUT2D eigenvalue weighted by Gasteiger charge is -2.24. The van der Waals surface area contributed by atoms with Gasteiger partial charge in [0, 0.05) is 13.6 Å². The molecule has 0 fully saturated rings. The van der Waals surface area contributed by atoms with Crippen molar-refractivity contribution >= 4 is 5.69 Å². The lowest BCUT2D eigenvalue weighted by Crippen LogP contribution is -2.24. The fourth-order valence-electron chi connectivity index (χ4n) is 2.22. The normalized spacial score (nSPS) is 11.4. The van der Waals surface area contributed by atoms with Crippen LogP contribution in [0.3, 0.4) is 0 Å². The van der Waals surface area contributed by atoms with Crippen molar-refractivity contribution in [2.75, 3.05) is 25.6 Å². The average Bonchev–Trinajstić information content (AvgIpc) is 2.53. The van der Waals surface area contributed by atoms with Gasteiger partial charge in [0.25, 0.3) is 0 Å². The Balaban J connectivity index is 2.18. The summed E-state index contributed by atoms with van der Waals surface area (Å²) in [6.45, 7) is 0.626. The Morgan fingerprint density at radius 2 is 1.75 bits per heavy atom. The molecule has 0 aliphatic heterocycles. The predicted molar refractivity (Wildman–Crippen MR) is 81.1 cm³/mol. The van der Waals surface area contributed by atoms with Gasteiger partial charge in [0.1, 0.15) is 5.75 Å². The number of benzene rings is 2. The van der Waals surface area contributed by atoms with Crippen molar-refractivity contribution < 1.29 is 4.74 Å². The summed E-state index contributed by atoms with van der Waals surface area (Å²) in [4.78, 5) is 2.06. The molecule has 2 aromatic rings. The summed E-state index contributed by atoms with van der Waals surface area (Å²) in [6, 6.07) is 20.1. The summed E-state index contributed by atoms with van der Waals surface area (Å²) in [6.07, 6.45) is 0. The quantitative estimate of drug-likeness (QED) is 0.831. The first-order chi connectivity index (χ1) is 9.76. The molecule has 0 amide bonds. The molecule has 3 nitrogen and oxygen atoms in total. The molecule has 0 spiro atoms. The number of ether oxygens (including phenoxy) is 1. The molecular weight excluding hydrogens is 248 g/mol. The largest absolute Gasteiger partial charge is 0.495 e. The summed E-state index contributed by atoms with van der Waals surface area (Å²) in [5.74, 6) is 0.658. The monoisotopic (exact) mass is 266 g/mol. The van der Waals surface area contributed by atoms with Crippen molar-refractivity contribution in [1.82, 2.24) is 0 Å². The maximum Gasteiger partial charge on any atom is 0.142 e. The summed E-state index contributed by atoms with van der Waals surface area (Å²) >= 11 is 0. The molecule has 20 heavy (non-hydrogen) atoms. The van der Waals surface area contributed by atoms with Crippen LogP contribution >= 0.6 is 0 Å². The summed E-state index contributed by atoms with van der Waals surface area (Å²) in [5, 5.41) is 9.39. The van der Waals surface area contributed by atoms with Crippen molar-refractivity contribution in [2.45, 2.75) is 5.92 Å². The molecule has 0 saturated carbocycles. The highest BCUT2D eigenvalue weighted by atomic mass is 16.5. The third-order valence-corrected chi connectivity index (χ3v) is 3.31. The van der Waals surface area contributed by atoms with Gasteiger partial charge in [-0.1, -0.05) is 42.5 Å². The first-order valence-electron chi connectivity index (χ1n) is 6.55. The number of anilines is 1. The standard InChI is InChI=1S/C17H18N2O/c1-19(16-10-6-7-11-17(16)20-2)13-15(12-18)14-8-4-3-5-9-14/h3-11,15H,13H2,1-2H3. The minimum atomic E-state index is -0.161. The third kappa shape index (κ3) is 3.10. The maximum absolute atomic E-state index is 9.39. The second-order valence-electron chi connectivity index (χ2n) is 4.64. The second kappa shape index (κ2) is 6.63. The molecule has 0 heterocycles. The fraction of sp³-hybridized carbons (Fsp3) is 0.235. The molecule has 3 heteroatoms. The van der Waals surface area contributed by atoms with Crippen LogP contribution in [0.25, 0.3) is 0 Å². The van der Waals surface area contributed by atoms with E-state index in [2.05, 4.69) is 11.0 Å². The van der Waals surface area contributed by atoms with Crippen LogP contribution < -0.4 is 9.64 Å². The van der Waals surface area contributed by atoms with Crippen molar-refractivity contribution in [1.29, 1.82) is 5.26 Å². The summed E-state index contributed by atoms with van der Waals surface area (Å²) in [5.41, 5.74) is 2.03. The third-order valence-electron chi connectivity index (χ3n) is 3.31. The fourth-order valence-corrected chi connectivity index (χ4v) is 2.22. The number of hydrogen-bond donors (Lipinski definition) is 0. The van der Waals surface area contributed by atoms with Crippen molar-refractivity contribution in [3.05, 3.63) is 60.2 Å². The van der Waals surface area contributed by atoms with Crippen molar-refractivity contribution in [2.24, 2.45) is 0 Å². The lowest BCUT2D eigenvalue weighted by atomic mass is 10.00. The smallest absolute Gasteiger partial charge is 0.142 e. The number of hydrogen-bond acceptors (Lipinski definition) is 3. The highest BCUT2D eigenvalue weighted by molar-refractivity contribution is 5.58. The van der Waals surface area contributed by atoms with E-state index >= 15 is 0 Å². The number of para-hydroxylation sites is 2. The van der Waals surface area contributed by atoms with E-state index in [4.69, 9.17) is 4.74 Å². The molecule has 0 aliphatic carbocycles. The van der Waals surface area contributed by atoms with Gasteiger partial charge in [-0.05, 0) is 17.7 Å². The minimum absolute atomic E-state index is 0.161. The van der Waals surface area contributed by atoms with Crippen LogP contribution in [-0.2, 0) is 0 Å². The van der Waals surface area contributed by atoms with Crippen LogP contribution in [0.4, 0.5) is 5.69 Å². The van der Waals surface area contributed by atoms with Crippen LogP contribution in [0.1, 0.15) is 11.5 Å². The maximum atomic E-state index is 9.39. The zero-order valence-electron chi connectivity index (χ0n) is 11.8. The van der Waals surface area contributed by atoms with E-state index in [9.17, 15) is 5.26 Å². The zero-order valence-corrected chi connectivity index (χ0v) is 11.8. The van der Waals surface area contributed by atoms with Gasteiger partial charge in [0.05, 0.1) is 24.8 Å². The van der Waals surface area contributed by atoms with Gasteiger partial charge in [-0.3, -0.25) is 0 Å². The van der Waals surface area contributed by atoms with E-state index in [0.29, 0.717) is 6.54 Å². The molecule has 0 N–H and O–H groups in total. The van der Waals surface area contributed by atoms with Gasteiger partial charge in [-0.15, -0.1) is 0 Å². The molecule has 1 unspecified atom stereocenters. The molecule has 1 atom stereocenters. The molecule has 2 aromatic carbocycles. The van der Waals surface area contributed by atoms with E-state index < -0.39 is 0 Å². The topological polar surface area (TPSA) is 36.3 Å². The van der Waals surface area contributed by atoms with Gasteiger partial charge < -0.3 is 9.64 Å². The zero-order chi connectivity index (χ0) is 14.4. The lowest BCUT2D eigenvalue weighted by molar-refractivity contribution is 0.414. The first-order valence-corrected chi connectivity index (χ1v) is 6.55. The number of methoxy groups -OCH3 is 1. The molecule has 0 saturated heterocycles. The van der Waals surface area contributed by atoms with Gasteiger partial charge in [0.2, 0.25) is 0 Å². The van der Waals surface area contributed by atoms with E-state index in [1.807, 2.05) is 61.6 Å². The van der Waals surface area contributed by atoms with Crippen LogP contribution in [0.5, 0.6) is 5.75 Å². The van der Waals surface area contributed by atoms with Crippen molar-refractivity contribution in [3.63, 3.8) is 0 Å². The van der Waals surface area contributed by atoms with Crippen molar-refractivity contribution in [3.8, 4) is 11.8 Å². The molecule has 2 rings (SSSR count). The average molecular weight is 266 g/mol. The molecular formula is C17H18N2O. The van der Waals surface area contributed by atoms with Crippen LogP contribution in [-0.4, -0.2) is 20.7 Å². The Labute approximate surface area is 120 Å². The molecule has 0 aliphatic rings. The Hall–Kier alpha value is -2.47. The number of rotatable bonds is 5. The van der Waals surface area contributed by atoms with E-state index in [1.54, 1.807) is 7.11 Å². The number of likely N-dealkylation sites (N-methyl/N-ethyl adjacent to an activating group) is 1. The summed E-state index contributed by atoms with van der Waals surface area (Å²) < 4.78 is 5.36. The highest BCUT2D eigenvalue weighted by Crippen LogP contribution is 2.28. The molecule has 102 valence electrons. The number of nitrogens with zero attached hydrogens (tertiary/aromatic N) is 2.